The summed E-state index contributed by atoms with van der Waals surface area (Å²) in [6.45, 7) is 2.28. The molecule has 1 aliphatic heterocycles. The van der Waals surface area contributed by atoms with Gasteiger partial charge in [-0.3, -0.25) is 4.79 Å². The summed E-state index contributed by atoms with van der Waals surface area (Å²) in [5.74, 6) is 6.93. The molecule has 0 radical (unpaired) electrons. The number of hydrogen-bond acceptors (Lipinski definition) is 7. The number of benzene rings is 2. The number of amides is 1. The summed E-state index contributed by atoms with van der Waals surface area (Å²) >= 11 is 1.14. The zero-order valence-electron chi connectivity index (χ0n) is 15.5. The molecular weight excluding hydrogens is 397 g/mol. The lowest BCUT2D eigenvalue weighted by Gasteiger charge is -2.12. The van der Waals surface area contributed by atoms with E-state index in [2.05, 4.69) is 15.5 Å². The van der Waals surface area contributed by atoms with E-state index in [1.165, 1.54) is 10.7 Å². The summed E-state index contributed by atoms with van der Waals surface area (Å²) in [7, 11) is 0. The molecule has 8 nitrogen and oxygen atoms in total. The van der Waals surface area contributed by atoms with Crippen molar-refractivity contribution < 1.29 is 18.7 Å². The number of hydrogen-bond donors (Lipinski definition) is 2. The Morgan fingerprint density at radius 3 is 2.90 bits per heavy atom. The lowest BCUT2D eigenvalue weighted by atomic mass is 10.2. The average molecular weight is 415 g/mol. The van der Waals surface area contributed by atoms with Gasteiger partial charge < -0.3 is 20.6 Å². The highest BCUT2D eigenvalue weighted by molar-refractivity contribution is 8.00. The number of nitrogens with two attached hydrogens (primary N) is 1. The first-order valence-electron chi connectivity index (χ1n) is 8.81. The van der Waals surface area contributed by atoms with Crippen molar-refractivity contribution in [3.05, 3.63) is 53.8 Å². The van der Waals surface area contributed by atoms with Crippen molar-refractivity contribution in [3.63, 3.8) is 0 Å². The Balaban J connectivity index is 1.38. The monoisotopic (exact) mass is 415 g/mol. The summed E-state index contributed by atoms with van der Waals surface area (Å²) in [6.07, 6.45) is 0. The second kappa shape index (κ2) is 8.00. The smallest absolute Gasteiger partial charge is 0.233 e. The highest BCUT2D eigenvalue weighted by Crippen LogP contribution is 2.32. The van der Waals surface area contributed by atoms with Gasteiger partial charge >= 0.3 is 0 Å². The van der Waals surface area contributed by atoms with Crippen molar-refractivity contribution >= 4 is 17.7 Å². The normalized spacial score (nSPS) is 13.3. The minimum absolute atomic E-state index is 0.192. The molecule has 4 rings (SSSR count). The van der Waals surface area contributed by atoms with Crippen LogP contribution in [0.3, 0.4) is 0 Å². The van der Waals surface area contributed by atoms with Gasteiger partial charge in [-0.25, -0.2) is 9.07 Å². The van der Waals surface area contributed by atoms with E-state index in [0.29, 0.717) is 23.2 Å². The molecule has 0 unspecified atom stereocenters. The molecule has 0 saturated heterocycles. The van der Waals surface area contributed by atoms with Crippen molar-refractivity contribution in [3.8, 4) is 22.9 Å². The van der Waals surface area contributed by atoms with Gasteiger partial charge in [0, 0.05) is 6.54 Å². The Hall–Kier alpha value is -3.27. The van der Waals surface area contributed by atoms with Gasteiger partial charge in [0.15, 0.2) is 17.3 Å². The number of carbonyl (C=O) groups is 1. The van der Waals surface area contributed by atoms with Crippen LogP contribution in [0.15, 0.2) is 47.6 Å². The molecular formula is C19H18FN5O3S. The fraction of sp³-hybridized carbons (Fsp3) is 0.211. The first-order valence-corrected chi connectivity index (χ1v) is 9.69. The number of nitrogens with zero attached hydrogens (tertiary/aromatic N) is 3. The van der Waals surface area contributed by atoms with E-state index >= 15 is 0 Å². The summed E-state index contributed by atoms with van der Waals surface area (Å²) in [5.41, 5.74) is 1.14. The van der Waals surface area contributed by atoms with Crippen LogP contribution in [0, 0.1) is 5.82 Å². The molecule has 0 aliphatic carbocycles. The van der Waals surface area contributed by atoms with Crippen LogP contribution in [0.1, 0.15) is 12.5 Å². The Kier molecular flexibility index (Phi) is 5.26. The van der Waals surface area contributed by atoms with Crippen LogP contribution >= 0.6 is 11.8 Å². The van der Waals surface area contributed by atoms with Gasteiger partial charge in [-0.15, -0.1) is 10.2 Å². The average Bonchev–Trinajstić information content (AvgIpc) is 3.33. The van der Waals surface area contributed by atoms with Crippen molar-refractivity contribution in [1.29, 1.82) is 0 Å². The molecule has 2 aromatic carbocycles. The maximum Gasteiger partial charge on any atom is 0.233 e. The maximum atomic E-state index is 14.0. The van der Waals surface area contributed by atoms with Crippen molar-refractivity contribution in [2.24, 2.45) is 0 Å². The number of carbonyl (C=O) groups excluding carboxylic acids is 1. The number of fused-ring (bicyclic) bond motifs is 1. The number of halogens is 1. The van der Waals surface area contributed by atoms with Gasteiger partial charge in [0.05, 0.1) is 10.8 Å². The molecule has 3 aromatic rings. The standard InChI is InChI=1S/C19H18FN5O3S/c1-11(18(26)22-9-12-6-7-15-16(8-12)28-10-27-15)29-19-24-23-17(25(19)21)13-4-2-3-5-14(13)20/h2-8,11H,9-10,21H2,1H3,(H,22,26)/t11-/m0/s1. The van der Waals surface area contributed by atoms with E-state index in [-0.39, 0.29) is 24.1 Å². The van der Waals surface area contributed by atoms with Gasteiger partial charge in [-0.2, -0.15) is 0 Å². The zero-order valence-corrected chi connectivity index (χ0v) is 16.3. The molecule has 0 saturated carbocycles. The van der Waals surface area contributed by atoms with Crippen LogP contribution in [-0.4, -0.2) is 32.8 Å². The Labute approximate surface area is 170 Å². The van der Waals surface area contributed by atoms with Crippen LogP contribution in [-0.2, 0) is 11.3 Å². The van der Waals surface area contributed by atoms with Gasteiger partial charge in [0.1, 0.15) is 5.82 Å². The second-order valence-electron chi connectivity index (χ2n) is 6.32. The fourth-order valence-corrected chi connectivity index (χ4v) is 3.57. The zero-order chi connectivity index (χ0) is 20.4. The van der Waals surface area contributed by atoms with Gasteiger partial charge in [0.2, 0.25) is 17.9 Å². The largest absolute Gasteiger partial charge is 0.454 e. The number of nitrogens with one attached hydrogen (secondary N) is 1. The Morgan fingerprint density at radius 1 is 1.28 bits per heavy atom. The highest BCUT2D eigenvalue weighted by Gasteiger charge is 2.21. The number of thioether (sulfide) groups is 1. The lowest BCUT2D eigenvalue weighted by Crippen LogP contribution is -2.30. The fourth-order valence-electron chi connectivity index (χ4n) is 2.78. The first kappa shape index (κ1) is 19.1. The molecule has 0 bridgehead atoms. The third-order valence-corrected chi connectivity index (χ3v) is 5.39. The quantitative estimate of drug-likeness (QED) is 0.470. The minimum Gasteiger partial charge on any atom is -0.454 e. The van der Waals surface area contributed by atoms with Crippen molar-refractivity contribution in [2.45, 2.75) is 23.9 Å². The molecule has 29 heavy (non-hydrogen) atoms. The van der Waals surface area contributed by atoms with Crippen LogP contribution in [0.4, 0.5) is 4.39 Å². The van der Waals surface area contributed by atoms with Crippen LogP contribution < -0.4 is 20.6 Å². The molecule has 2 heterocycles. The molecule has 1 aromatic heterocycles. The number of ether oxygens (including phenoxy) is 2. The summed E-state index contributed by atoms with van der Waals surface area (Å²) in [6, 6.07) is 11.7. The van der Waals surface area contributed by atoms with Crippen molar-refractivity contribution in [2.75, 3.05) is 12.6 Å². The van der Waals surface area contributed by atoms with E-state index < -0.39 is 11.1 Å². The highest BCUT2D eigenvalue weighted by atomic mass is 32.2. The summed E-state index contributed by atoms with van der Waals surface area (Å²) in [5, 5.41) is 10.6. The Morgan fingerprint density at radius 2 is 2.07 bits per heavy atom. The number of rotatable bonds is 6. The molecule has 1 amide bonds. The van der Waals surface area contributed by atoms with E-state index in [1.54, 1.807) is 25.1 Å². The Bertz CT molecular complexity index is 1060. The molecule has 0 spiro atoms. The van der Waals surface area contributed by atoms with Crippen LogP contribution in [0.25, 0.3) is 11.4 Å². The topological polar surface area (TPSA) is 104 Å². The summed E-state index contributed by atoms with van der Waals surface area (Å²) < 4.78 is 25.8. The SMILES string of the molecule is C[C@H](Sc1nnc(-c2ccccc2F)n1N)C(=O)NCc1ccc2c(c1)OCO2. The molecule has 3 N–H and O–H groups in total. The molecule has 1 aliphatic rings. The molecule has 10 heteroatoms. The second-order valence-corrected chi connectivity index (χ2v) is 7.63. The summed E-state index contributed by atoms with van der Waals surface area (Å²) in [4.78, 5) is 12.5. The van der Waals surface area contributed by atoms with Gasteiger partial charge in [0.25, 0.3) is 0 Å². The molecule has 0 fully saturated rings. The van der Waals surface area contributed by atoms with E-state index in [0.717, 1.165) is 17.3 Å². The van der Waals surface area contributed by atoms with E-state index in [1.807, 2.05) is 18.2 Å². The lowest BCUT2D eigenvalue weighted by molar-refractivity contribution is -0.120. The number of aromatic nitrogens is 3. The molecule has 150 valence electrons. The first-order chi connectivity index (χ1) is 14.0. The third kappa shape index (κ3) is 3.97. The van der Waals surface area contributed by atoms with Gasteiger partial charge in [-0.1, -0.05) is 30.0 Å². The number of nitrogen functional groups attached to an aromatic ring is 1. The van der Waals surface area contributed by atoms with Gasteiger partial charge in [-0.05, 0) is 36.8 Å². The van der Waals surface area contributed by atoms with E-state index in [9.17, 15) is 9.18 Å². The predicted octanol–water partition coefficient (Wildman–Crippen LogP) is 2.32. The van der Waals surface area contributed by atoms with Crippen molar-refractivity contribution in [1.82, 2.24) is 20.2 Å². The van der Waals surface area contributed by atoms with E-state index in [4.69, 9.17) is 15.3 Å². The van der Waals surface area contributed by atoms with Crippen LogP contribution in [0.5, 0.6) is 11.5 Å². The minimum atomic E-state index is -0.482. The predicted molar refractivity (Wildman–Crippen MR) is 105 cm³/mol. The van der Waals surface area contributed by atoms with Crippen LogP contribution in [0.2, 0.25) is 0 Å². The molecule has 1 atom stereocenters. The third-order valence-electron chi connectivity index (χ3n) is 4.33. The maximum absolute atomic E-state index is 14.0.